The maximum absolute atomic E-state index is 12.8. The molecule has 3 aromatic rings. The molecular formula is C27H24N4O3S. The van der Waals surface area contributed by atoms with Crippen LogP contribution >= 0.6 is 11.8 Å². The minimum absolute atomic E-state index is 0.00759. The van der Waals surface area contributed by atoms with Crippen LogP contribution in [-0.4, -0.2) is 40.1 Å². The van der Waals surface area contributed by atoms with E-state index >= 15 is 0 Å². The van der Waals surface area contributed by atoms with Gasteiger partial charge in [0.15, 0.2) is 5.17 Å². The normalized spacial score (nSPS) is 19.3. The summed E-state index contributed by atoms with van der Waals surface area (Å²) in [6, 6.07) is 27.2. The Morgan fingerprint density at radius 1 is 1.03 bits per heavy atom. The van der Waals surface area contributed by atoms with Gasteiger partial charge >= 0.3 is 0 Å². The summed E-state index contributed by atoms with van der Waals surface area (Å²) in [5.74, 6) is -0.0320. The highest BCUT2D eigenvalue weighted by atomic mass is 32.2. The first-order chi connectivity index (χ1) is 17.1. The molecule has 2 aliphatic rings. The molecule has 0 radical (unpaired) electrons. The van der Waals surface area contributed by atoms with Gasteiger partial charge in [0.25, 0.3) is 5.91 Å². The van der Waals surface area contributed by atoms with Gasteiger partial charge < -0.3 is 10.1 Å². The number of methoxy groups -OCH3 is 1. The zero-order chi connectivity index (χ0) is 24.2. The third-order valence-corrected chi connectivity index (χ3v) is 7.02. The van der Waals surface area contributed by atoms with E-state index in [1.165, 1.54) is 11.8 Å². The second kappa shape index (κ2) is 10.1. The van der Waals surface area contributed by atoms with Crippen molar-refractivity contribution in [3.63, 3.8) is 0 Å². The molecule has 0 saturated heterocycles. The average molecular weight is 485 g/mol. The number of hydrogen-bond donors (Lipinski definition) is 1. The molecule has 8 heteroatoms. The molecular weight excluding hydrogens is 460 g/mol. The molecule has 0 unspecified atom stereocenters. The Labute approximate surface area is 207 Å². The third kappa shape index (κ3) is 4.97. The highest BCUT2D eigenvalue weighted by molar-refractivity contribution is 8.15. The number of benzene rings is 3. The van der Waals surface area contributed by atoms with E-state index in [1.54, 1.807) is 19.2 Å². The number of amidine groups is 1. The number of carbonyl (C=O) groups excluding carboxylic acids is 2. The van der Waals surface area contributed by atoms with Gasteiger partial charge in [0.2, 0.25) is 5.91 Å². The summed E-state index contributed by atoms with van der Waals surface area (Å²) in [4.78, 5) is 29.8. The van der Waals surface area contributed by atoms with Crippen molar-refractivity contribution in [2.24, 2.45) is 10.1 Å². The Morgan fingerprint density at radius 2 is 1.71 bits per heavy atom. The topological polar surface area (TPSA) is 83.4 Å². The molecule has 3 aromatic carbocycles. The molecule has 0 saturated carbocycles. The lowest BCUT2D eigenvalue weighted by Crippen LogP contribution is -2.25. The summed E-state index contributed by atoms with van der Waals surface area (Å²) in [5.41, 5.74) is 3.64. The SMILES string of the molecule is COc1ccccc1NC(=O)C[C@H]1SC(N2N=C(c3ccccc3)C[C@H]2c2ccccc2)=NC1=O. The molecule has 5 rings (SSSR count). The van der Waals surface area contributed by atoms with E-state index < -0.39 is 5.25 Å². The zero-order valence-electron chi connectivity index (χ0n) is 19.1. The molecule has 2 aliphatic heterocycles. The molecule has 0 fully saturated rings. The van der Waals surface area contributed by atoms with Crippen LogP contribution in [-0.2, 0) is 9.59 Å². The molecule has 0 aromatic heterocycles. The fourth-order valence-corrected chi connectivity index (χ4v) is 5.21. The van der Waals surface area contributed by atoms with Crippen LogP contribution in [0.5, 0.6) is 5.75 Å². The fraction of sp³-hybridized carbons (Fsp3) is 0.185. The maximum atomic E-state index is 12.8. The van der Waals surface area contributed by atoms with Gasteiger partial charge in [-0.15, -0.1) is 0 Å². The number of para-hydroxylation sites is 2. The van der Waals surface area contributed by atoms with Crippen LogP contribution in [0.4, 0.5) is 5.69 Å². The number of thioether (sulfide) groups is 1. The number of ether oxygens (including phenoxy) is 1. The highest BCUT2D eigenvalue weighted by Gasteiger charge is 2.39. The maximum Gasteiger partial charge on any atom is 0.262 e. The number of rotatable bonds is 6. The van der Waals surface area contributed by atoms with Gasteiger partial charge in [-0.25, -0.2) is 5.01 Å². The van der Waals surface area contributed by atoms with E-state index in [-0.39, 0.29) is 24.3 Å². The number of hydrazone groups is 1. The van der Waals surface area contributed by atoms with Gasteiger partial charge in [-0.2, -0.15) is 10.1 Å². The van der Waals surface area contributed by atoms with Crippen molar-refractivity contribution in [1.82, 2.24) is 5.01 Å². The Kier molecular flexibility index (Phi) is 6.63. The largest absolute Gasteiger partial charge is 0.495 e. The molecule has 35 heavy (non-hydrogen) atoms. The van der Waals surface area contributed by atoms with Crippen molar-refractivity contribution in [2.75, 3.05) is 12.4 Å². The van der Waals surface area contributed by atoms with Crippen LogP contribution in [0.15, 0.2) is 95.0 Å². The van der Waals surface area contributed by atoms with Crippen LogP contribution < -0.4 is 10.1 Å². The second-order valence-corrected chi connectivity index (χ2v) is 9.35. The van der Waals surface area contributed by atoms with E-state index in [0.717, 1.165) is 16.8 Å². The molecule has 2 heterocycles. The Morgan fingerprint density at radius 3 is 2.46 bits per heavy atom. The highest BCUT2D eigenvalue weighted by Crippen LogP contribution is 2.38. The van der Waals surface area contributed by atoms with Crippen molar-refractivity contribution in [3.05, 3.63) is 96.1 Å². The zero-order valence-corrected chi connectivity index (χ0v) is 19.9. The first-order valence-electron chi connectivity index (χ1n) is 11.3. The first kappa shape index (κ1) is 22.9. The minimum Gasteiger partial charge on any atom is -0.495 e. The fourth-order valence-electron chi connectivity index (χ4n) is 4.15. The number of carbonyl (C=O) groups is 2. The smallest absolute Gasteiger partial charge is 0.262 e. The molecule has 0 spiro atoms. The van der Waals surface area contributed by atoms with Crippen LogP contribution in [0.3, 0.4) is 0 Å². The summed E-state index contributed by atoms with van der Waals surface area (Å²) in [5, 5.41) is 9.45. The predicted molar refractivity (Wildman–Crippen MR) is 139 cm³/mol. The predicted octanol–water partition coefficient (Wildman–Crippen LogP) is 4.87. The number of hydrogen-bond acceptors (Lipinski definition) is 6. The number of aliphatic imine (C=N–C) groups is 1. The van der Waals surface area contributed by atoms with Crippen molar-refractivity contribution >= 4 is 40.1 Å². The van der Waals surface area contributed by atoms with Crippen LogP contribution in [0.2, 0.25) is 0 Å². The van der Waals surface area contributed by atoms with Crippen molar-refractivity contribution in [2.45, 2.75) is 24.1 Å². The van der Waals surface area contributed by atoms with Crippen LogP contribution in [0.25, 0.3) is 0 Å². The monoisotopic (exact) mass is 484 g/mol. The van der Waals surface area contributed by atoms with E-state index in [4.69, 9.17) is 9.84 Å². The first-order valence-corrected chi connectivity index (χ1v) is 12.2. The Bertz CT molecular complexity index is 1290. The summed E-state index contributed by atoms with van der Waals surface area (Å²) in [6.07, 6.45) is 0.703. The number of amides is 2. The van der Waals surface area contributed by atoms with Crippen LogP contribution in [0.1, 0.15) is 30.0 Å². The van der Waals surface area contributed by atoms with Crippen molar-refractivity contribution in [1.29, 1.82) is 0 Å². The summed E-state index contributed by atoms with van der Waals surface area (Å²) in [6.45, 7) is 0. The summed E-state index contributed by atoms with van der Waals surface area (Å²) < 4.78 is 5.29. The molecule has 1 N–H and O–H groups in total. The van der Waals surface area contributed by atoms with Gasteiger partial charge in [0, 0.05) is 12.8 Å². The Balaban J connectivity index is 1.33. The lowest BCUT2D eigenvalue weighted by atomic mass is 9.99. The number of anilines is 1. The quantitative estimate of drug-likeness (QED) is 0.540. The lowest BCUT2D eigenvalue weighted by Gasteiger charge is -2.23. The molecule has 7 nitrogen and oxygen atoms in total. The van der Waals surface area contributed by atoms with Crippen LogP contribution in [0, 0.1) is 0 Å². The van der Waals surface area contributed by atoms with Crippen molar-refractivity contribution < 1.29 is 14.3 Å². The van der Waals surface area contributed by atoms with E-state index in [1.807, 2.05) is 65.7 Å². The third-order valence-electron chi connectivity index (χ3n) is 5.88. The van der Waals surface area contributed by atoms with Crippen molar-refractivity contribution in [3.8, 4) is 5.75 Å². The van der Waals surface area contributed by atoms with Gasteiger partial charge in [-0.3, -0.25) is 9.59 Å². The molecule has 2 atom stereocenters. The van der Waals surface area contributed by atoms with Gasteiger partial charge in [-0.05, 0) is 23.3 Å². The second-order valence-electron chi connectivity index (χ2n) is 8.18. The summed E-state index contributed by atoms with van der Waals surface area (Å²) in [7, 11) is 1.55. The number of nitrogens with one attached hydrogen (secondary N) is 1. The standard InChI is InChI=1S/C27H24N4O3S/c1-34-23-15-9-8-14-20(23)28-25(32)17-24-26(33)29-27(35-24)31-22(19-12-6-3-7-13-19)16-21(30-31)18-10-4-2-5-11-18/h2-15,22,24H,16-17H2,1H3,(H,28,32)/t22-,24+/m0/s1. The molecule has 0 bridgehead atoms. The Hall–Kier alpha value is -3.91. The van der Waals surface area contributed by atoms with E-state index in [2.05, 4.69) is 22.4 Å². The van der Waals surface area contributed by atoms with Gasteiger partial charge in [-0.1, -0.05) is 84.6 Å². The molecule has 0 aliphatic carbocycles. The summed E-state index contributed by atoms with van der Waals surface area (Å²) >= 11 is 1.29. The molecule has 2 amide bonds. The minimum atomic E-state index is -0.605. The molecule has 176 valence electrons. The lowest BCUT2D eigenvalue weighted by molar-refractivity contribution is -0.121. The van der Waals surface area contributed by atoms with Gasteiger partial charge in [0.1, 0.15) is 11.0 Å². The van der Waals surface area contributed by atoms with E-state index in [9.17, 15) is 9.59 Å². The van der Waals surface area contributed by atoms with E-state index in [0.29, 0.717) is 23.0 Å². The average Bonchev–Trinajstić information content (AvgIpc) is 3.49. The van der Waals surface area contributed by atoms with Gasteiger partial charge in [0.05, 0.1) is 24.6 Å². The number of nitrogens with zero attached hydrogens (tertiary/aromatic N) is 3.